The average molecular weight is 244 g/mol. The third-order valence-corrected chi connectivity index (χ3v) is 3.17. The van der Waals surface area contributed by atoms with Crippen LogP contribution >= 0.6 is 0 Å². The summed E-state index contributed by atoms with van der Waals surface area (Å²) in [5, 5.41) is 0. The van der Waals surface area contributed by atoms with E-state index in [0.717, 1.165) is 5.56 Å². The molecule has 1 fully saturated rings. The van der Waals surface area contributed by atoms with Gasteiger partial charge in [0.25, 0.3) is 0 Å². The molecule has 1 aromatic carbocycles. The number of anilines is 2. The van der Waals surface area contributed by atoms with E-state index in [4.69, 9.17) is 5.73 Å². The third-order valence-electron chi connectivity index (χ3n) is 3.17. The Balaban J connectivity index is 2.15. The van der Waals surface area contributed by atoms with Gasteiger partial charge in [0.15, 0.2) is 0 Å². The number of nitrogens with zero attached hydrogens (tertiary/aromatic N) is 1. The van der Waals surface area contributed by atoms with Crippen molar-refractivity contribution in [3.63, 3.8) is 0 Å². The molecule has 0 bridgehead atoms. The van der Waals surface area contributed by atoms with E-state index in [-0.39, 0.29) is 13.0 Å². The molecule has 2 nitrogen and oxygen atoms in total. The molecule has 0 aliphatic carbocycles. The van der Waals surface area contributed by atoms with E-state index in [9.17, 15) is 13.2 Å². The summed E-state index contributed by atoms with van der Waals surface area (Å²) in [5.74, 6) is -1.23. The molecule has 94 valence electrons. The minimum absolute atomic E-state index is 0.0107. The molecule has 1 aromatic rings. The molecule has 0 radical (unpaired) electrons. The van der Waals surface area contributed by atoms with Gasteiger partial charge < -0.3 is 10.6 Å². The second-order valence-electron chi connectivity index (χ2n) is 4.54. The first-order valence-corrected chi connectivity index (χ1v) is 5.55. The van der Waals surface area contributed by atoms with Crippen molar-refractivity contribution in [3.8, 4) is 0 Å². The van der Waals surface area contributed by atoms with Crippen LogP contribution in [0.4, 0.5) is 24.5 Å². The Labute approximate surface area is 98.2 Å². The Hall–Kier alpha value is -1.39. The molecule has 0 saturated carbocycles. The molecule has 1 unspecified atom stereocenters. The van der Waals surface area contributed by atoms with E-state index in [2.05, 4.69) is 0 Å². The molecule has 0 aromatic heterocycles. The Morgan fingerprint density at radius 3 is 2.59 bits per heavy atom. The lowest BCUT2D eigenvalue weighted by Gasteiger charge is -2.21. The number of alkyl halides is 3. The normalized spacial score (nSPS) is 20.9. The van der Waals surface area contributed by atoms with Gasteiger partial charge >= 0.3 is 6.18 Å². The highest BCUT2D eigenvalue weighted by molar-refractivity contribution is 5.68. The monoisotopic (exact) mass is 244 g/mol. The number of aryl methyl sites for hydroxylation is 1. The number of benzene rings is 1. The highest BCUT2D eigenvalue weighted by Crippen LogP contribution is 2.37. The summed E-state index contributed by atoms with van der Waals surface area (Å²) in [4.78, 5) is 1.72. The molecule has 1 aliphatic heterocycles. The molecule has 0 amide bonds. The summed E-state index contributed by atoms with van der Waals surface area (Å²) in [6.45, 7) is 2.33. The highest BCUT2D eigenvalue weighted by Gasteiger charge is 2.43. The zero-order chi connectivity index (χ0) is 12.6. The highest BCUT2D eigenvalue weighted by atomic mass is 19.4. The van der Waals surface area contributed by atoms with Crippen LogP contribution in [0.3, 0.4) is 0 Å². The summed E-state index contributed by atoms with van der Waals surface area (Å²) in [6.07, 6.45) is -3.95. The first-order chi connectivity index (χ1) is 7.88. The lowest BCUT2D eigenvalue weighted by Crippen LogP contribution is -2.27. The number of hydrogen-bond donors (Lipinski definition) is 1. The zero-order valence-corrected chi connectivity index (χ0v) is 9.59. The summed E-state index contributed by atoms with van der Waals surface area (Å²) < 4.78 is 37.7. The fraction of sp³-hybridized carbons (Fsp3) is 0.500. The number of nitrogen functional groups attached to an aromatic ring is 1. The molecule has 2 rings (SSSR count). The van der Waals surface area contributed by atoms with Crippen molar-refractivity contribution in [2.45, 2.75) is 19.5 Å². The van der Waals surface area contributed by atoms with Crippen LogP contribution in [0.5, 0.6) is 0 Å². The fourth-order valence-corrected chi connectivity index (χ4v) is 2.21. The molecule has 2 N–H and O–H groups in total. The topological polar surface area (TPSA) is 29.3 Å². The van der Waals surface area contributed by atoms with Crippen LogP contribution in [0.1, 0.15) is 12.0 Å². The lowest BCUT2D eigenvalue weighted by molar-refractivity contribution is -0.168. The van der Waals surface area contributed by atoms with Crippen LogP contribution in [0, 0.1) is 12.8 Å². The van der Waals surface area contributed by atoms with Gasteiger partial charge in [-0.2, -0.15) is 13.2 Å². The van der Waals surface area contributed by atoms with Gasteiger partial charge in [-0.05, 0) is 31.0 Å². The van der Waals surface area contributed by atoms with Crippen molar-refractivity contribution in [2.24, 2.45) is 5.92 Å². The summed E-state index contributed by atoms with van der Waals surface area (Å²) in [7, 11) is 0. The minimum Gasteiger partial charge on any atom is -0.397 e. The summed E-state index contributed by atoms with van der Waals surface area (Å²) >= 11 is 0. The van der Waals surface area contributed by atoms with E-state index in [0.29, 0.717) is 17.9 Å². The maximum atomic E-state index is 12.6. The number of rotatable bonds is 1. The average Bonchev–Trinajstić information content (AvgIpc) is 2.65. The molecule has 1 heterocycles. The van der Waals surface area contributed by atoms with Crippen LogP contribution < -0.4 is 10.6 Å². The second kappa shape index (κ2) is 4.13. The van der Waals surface area contributed by atoms with Gasteiger partial charge in [0.1, 0.15) is 0 Å². The van der Waals surface area contributed by atoms with Gasteiger partial charge in [-0.1, -0.05) is 6.07 Å². The van der Waals surface area contributed by atoms with Crippen LogP contribution in [0.2, 0.25) is 0 Å². The van der Waals surface area contributed by atoms with Crippen molar-refractivity contribution >= 4 is 11.4 Å². The Bertz CT molecular complexity index is 415. The van der Waals surface area contributed by atoms with Gasteiger partial charge in [-0.25, -0.2) is 0 Å². The Morgan fingerprint density at radius 2 is 2.06 bits per heavy atom. The van der Waals surface area contributed by atoms with Gasteiger partial charge in [0.05, 0.1) is 17.3 Å². The first kappa shape index (κ1) is 12.1. The molecule has 5 heteroatoms. The van der Waals surface area contributed by atoms with Gasteiger partial charge in [0.2, 0.25) is 0 Å². The van der Waals surface area contributed by atoms with E-state index in [1.165, 1.54) is 0 Å². The minimum atomic E-state index is -4.10. The maximum absolute atomic E-state index is 12.6. The van der Waals surface area contributed by atoms with Crippen molar-refractivity contribution < 1.29 is 13.2 Å². The van der Waals surface area contributed by atoms with Crippen molar-refractivity contribution in [3.05, 3.63) is 23.8 Å². The van der Waals surface area contributed by atoms with Gasteiger partial charge in [-0.15, -0.1) is 0 Å². The molecule has 1 aliphatic rings. The van der Waals surface area contributed by atoms with Crippen LogP contribution in [0.15, 0.2) is 18.2 Å². The maximum Gasteiger partial charge on any atom is 0.393 e. The van der Waals surface area contributed by atoms with E-state index < -0.39 is 12.1 Å². The van der Waals surface area contributed by atoms with Gasteiger partial charge in [0, 0.05) is 13.1 Å². The summed E-state index contributed by atoms with van der Waals surface area (Å²) in [5.41, 5.74) is 8.10. The quantitative estimate of drug-likeness (QED) is 0.769. The second-order valence-corrected chi connectivity index (χ2v) is 4.54. The van der Waals surface area contributed by atoms with Gasteiger partial charge in [-0.3, -0.25) is 0 Å². The van der Waals surface area contributed by atoms with Crippen molar-refractivity contribution in [1.82, 2.24) is 0 Å². The molecule has 0 spiro atoms. The predicted molar refractivity (Wildman–Crippen MR) is 62.0 cm³/mol. The van der Waals surface area contributed by atoms with E-state index in [1.807, 2.05) is 13.0 Å². The molecule has 1 atom stereocenters. The summed E-state index contributed by atoms with van der Waals surface area (Å²) in [6, 6.07) is 5.45. The first-order valence-electron chi connectivity index (χ1n) is 5.55. The molecule has 17 heavy (non-hydrogen) atoms. The van der Waals surface area contributed by atoms with E-state index >= 15 is 0 Å². The van der Waals surface area contributed by atoms with E-state index in [1.54, 1.807) is 17.0 Å². The van der Waals surface area contributed by atoms with Crippen LogP contribution in [-0.2, 0) is 0 Å². The molecule has 1 saturated heterocycles. The molecular weight excluding hydrogens is 229 g/mol. The number of nitrogens with two attached hydrogens (primary N) is 1. The number of hydrogen-bond acceptors (Lipinski definition) is 2. The number of halogens is 3. The predicted octanol–water partition coefficient (Wildman–Crippen LogP) is 2.97. The standard InChI is InChI=1S/C12H15F3N2/c1-8-2-3-11(10(16)6-8)17-5-4-9(7-17)12(13,14)15/h2-3,6,9H,4-5,7,16H2,1H3. The Morgan fingerprint density at radius 1 is 1.35 bits per heavy atom. The SMILES string of the molecule is Cc1ccc(N2CCC(C(F)(F)F)C2)c(N)c1. The van der Waals surface area contributed by atoms with Crippen LogP contribution in [0.25, 0.3) is 0 Å². The Kier molecular flexibility index (Phi) is 2.93. The van der Waals surface area contributed by atoms with Crippen molar-refractivity contribution in [2.75, 3.05) is 23.7 Å². The van der Waals surface area contributed by atoms with Crippen molar-refractivity contribution in [1.29, 1.82) is 0 Å². The molecular formula is C12H15F3N2. The zero-order valence-electron chi connectivity index (χ0n) is 9.59. The lowest BCUT2D eigenvalue weighted by atomic mass is 10.1. The largest absolute Gasteiger partial charge is 0.397 e. The van der Waals surface area contributed by atoms with Crippen LogP contribution in [-0.4, -0.2) is 19.3 Å². The third kappa shape index (κ3) is 2.48. The fourth-order valence-electron chi connectivity index (χ4n) is 2.21. The smallest absolute Gasteiger partial charge is 0.393 e.